The molecule has 0 fully saturated rings. The van der Waals surface area contributed by atoms with Gasteiger partial charge in [-0.2, -0.15) is 0 Å². The molecule has 0 saturated heterocycles. The van der Waals surface area contributed by atoms with Crippen LogP contribution in [0.4, 0.5) is 0 Å². The number of carbonyl (C=O) groups is 1. The molecule has 0 aliphatic carbocycles. The van der Waals surface area contributed by atoms with Crippen LogP contribution in [0, 0.1) is 0 Å². The maximum atomic E-state index is 12.4. The molecule has 3 rings (SSSR count). The fraction of sp³-hybridized carbons (Fsp3) is 0.174. The van der Waals surface area contributed by atoms with E-state index in [2.05, 4.69) is 0 Å². The summed E-state index contributed by atoms with van der Waals surface area (Å²) >= 11 is 0. The first-order valence-corrected chi connectivity index (χ1v) is 8.70. The predicted molar refractivity (Wildman–Crippen MR) is 105 cm³/mol. The molecule has 27 heavy (non-hydrogen) atoms. The highest BCUT2D eigenvalue weighted by Gasteiger charge is 2.14. The van der Waals surface area contributed by atoms with Crippen LogP contribution in [0.25, 0.3) is 11.1 Å². The zero-order valence-electron chi connectivity index (χ0n) is 15.6. The SMILES string of the molecule is COc1ccc(-c2ccc(C(=O)OC(C)c3cccc(OC)c3)cc2)cc1. The molecule has 3 aromatic carbocycles. The average Bonchev–Trinajstić information content (AvgIpc) is 2.74. The lowest BCUT2D eigenvalue weighted by Gasteiger charge is -2.14. The highest BCUT2D eigenvalue weighted by molar-refractivity contribution is 5.90. The Morgan fingerprint density at radius 3 is 1.96 bits per heavy atom. The van der Waals surface area contributed by atoms with Crippen LogP contribution in [0.15, 0.2) is 72.8 Å². The van der Waals surface area contributed by atoms with Crippen molar-refractivity contribution < 1.29 is 19.0 Å². The maximum Gasteiger partial charge on any atom is 0.338 e. The summed E-state index contributed by atoms with van der Waals surface area (Å²) in [4.78, 5) is 12.4. The summed E-state index contributed by atoms with van der Waals surface area (Å²) in [7, 11) is 3.25. The van der Waals surface area contributed by atoms with Crippen LogP contribution in [0.1, 0.15) is 28.9 Å². The van der Waals surface area contributed by atoms with Crippen molar-refractivity contribution in [2.75, 3.05) is 14.2 Å². The molecule has 3 aromatic rings. The minimum atomic E-state index is -0.367. The molecule has 0 amide bonds. The van der Waals surface area contributed by atoms with Gasteiger partial charge in [0.25, 0.3) is 0 Å². The largest absolute Gasteiger partial charge is 0.497 e. The van der Waals surface area contributed by atoms with Gasteiger partial charge in [0.05, 0.1) is 19.8 Å². The molecule has 0 heterocycles. The monoisotopic (exact) mass is 362 g/mol. The van der Waals surface area contributed by atoms with E-state index in [0.29, 0.717) is 5.56 Å². The van der Waals surface area contributed by atoms with Gasteiger partial charge in [-0.05, 0) is 60.0 Å². The molecule has 0 radical (unpaired) electrons. The van der Waals surface area contributed by atoms with Crippen molar-refractivity contribution in [3.63, 3.8) is 0 Å². The second-order valence-electron chi connectivity index (χ2n) is 6.13. The molecule has 4 heteroatoms. The summed E-state index contributed by atoms with van der Waals surface area (Å²) in [6.45, 7) is 1.85. The Morgan fingerprint density at radius 2 is 1.37 bits per heavy atom. The van der Waals surface area contributed by atoms with Crippen molar-refractivity contribution in [1.29, 1.82) is 0 Å². The van der Waals surface area contributed by atoms with Crippen LogP contribution < -0.4 is 9.47 Å². The Hall–Kier alpha value is -3.27. The van der Waals surface area contributed by atoms with Gasteiger partial charge in [0.15, 0.2) is 0 Å². The van der Waals surface area contributed by atoms with Gasteiger partial charge in [-0.3, -0.25) is 0 Å². The van der Waals surface area contributed by atoms with Gasteiger partial charge in [0.1, 0.15) is 17.6 Å². The Morgan fingerprint density at radius 1 is 0.778 bits per heavy atom. The van der Waals surface area contributed by atoms with Crippen molar-refractivity contribution in [2.24, 2.45) is 0 Å². The molecule has 0 aliphatic heterocycles. The van der Waals surface area contributed by atoms with Crippen LogP contribution in [0.5, 0.6) is 11.5 Å². The molecule has 0 spiro atoms. The highest BCUT2D eigenvalue weighted by atomic mass is 16.5. The molecule has 138 valence electrons. The summed E-state index contributed by atoms with van der Waals surface area (Å²) in [5.74, 6) is 1.19. The summed E-state index contributed by atoms with van der Waals surface area (Å²) in [5, 5.41) is 0. The van der Waals surface area contributed by atoms with Crippen molar-refractivity contribution in [2.45, 2.75) is 13.0 Å². The van der Waals surface area contributed by atoms with Crippen molar-refractivity contribution >= 4 is 5.97 Å². The maximum absolute atomic E-state index is 12.4. The summed E-state index contributed by atoms with van der Waals surface area (Å²) < 4.78 is 16.0. The smallest absolute Gasteiger partial charge is 0.338 e. The average molecular weight is 362 g/mol. The number of esters is 1. The van der Waals surface area contributed by atoms with Crippen LogP contribution in [-0.4, -0.2) is 20.2 Å². The number of hydrogen-bond acceptors (Lipinski definition) is 4. The third-order valence-corrected chi connectivity index (χ3v) is 4.39. The van der Waals surface area contributed by atoms with Crippen molar-refractivity contribution in [3.8, 4) is 22.6 Å². The van der Waals surface area contributed by atoms with Gasteiger partial charge in [0, 0.05) is 0 Å². The fourth-order valence-corrected chi connectivity index (χ4v) is 2.77. The van der Waals surface area contributed by atoms with Gasteiger partial charge in [-0.15, -0.1) is 0 Å². The van der Waals surface area contributed by atoms with E-state index in [0.717, 1.165) is 28.2 Å². The lowest BCUT2D eigenvalue weighted by atomic mass is 10.0. The van der Waals surface area contributed by atoms with E-state index in [1.807, 2.05) is 67.6 Å². The molecule has 4 nitrogen and oxygen atoms in total. The van der Waals surface area contributed by atoms with E-state index in [1.165, 1.54) is 0 Å². The second-order valence-corrected chi connectivity index (χ2v) is 6.13. The standard InChI is InChI=1S/C23H22O4/c1-16(20-5-4-6-22(15-20)26-3)27-23(24)19-9-7-17(8-10-19)18-11-13-21(25-2)14-12-18/h4-16H,1-3H3. The van der Waals surface area contributed by atoms with Crippen molar-refractivity contribution in [3.05, 3.63) is 83.9 Å². The first kappa shape index (κ1) is 18.5. The van der Waals surface area contributed by atoms with Crippen LogP contribution in [-0.2, 0) is 4.74 Å². The predicted octanol–water partition coefficient (Wildman–Crippen LogP) is 5.29. The Kier molecular flexibility index (Phi) is 5.77. The molecular weight excluding hydrogens is 340 g/mol. The minimum Gasteiger partial charge on any atom is -0.497 e. The Labute approximate surface area is 159 Å². The number of rotatable bonds is 6. The Bertz CT molecular complexity index is 898. The van der Waals surface area contributed by atoms with E-state index in [9.17, 15) is 4.79 Å². The van der Waals surface area contributed by atoms with E-state index >= 15 is 0 Å². The molecule has 1 unspecified atom stereocenters. The molecule has 1 atom stereocenters. The third kappa shape index (κ3) is 4.47. The summed E-state index contributed by atoms with van der Waals surface area (Å²) in [6.07, 6.45) is -0.367. The highest BCUT2D eigenvalue weighted by Crippen LogP contribution is 2.25. The summed E-state index contributed by atoms with van der Waals surface area (Å²) in [6, 6.07) is 22.7. The second kappa shape index (κ2) is 8.41. The van der Waals surface area contributed by atoms with Crippen molar-refractivity contribution in [1.82, 2.24) is 0 Å². The third-order valence-electron chi connectivity index (χ3n) is 4.39. The minimum absolute atomic E-state index is 0.355. The number of methoxy groups -OCH3 is 2. The molecule has 0 aromatic heterocycles. The van der Waals surface area contributed by atoms with Gasteiger partial charge in [0.2, 0.25) is 0 Å². The first-order valence-electron chi connectivity index (χ1n) is 8.70. The molecule has 0 saturated carbocycles. The van der Waals surface area contributed by atoms with E-state index in [4.69, 9.17) is 14.2 Å². The van der Waals surface area contributed by atoms with Gasteiger partial charge in [-0.1, -0.05) is 36.4 Å². The molecule has 0 N–H and O–H groups in total. The number of benzene rings is 3. The fourth-order valence-electron chi connectivity index (χ4n) is 2.77. The lowest BCUT2D eigenvalue weighted by molar-refractivity contribution is 0.0337. The Balaban J connectivity index is 1.69. The van der Waals surface area contributed by atoms with Crippen LogP contribution in [0.3, 0.4) is 0 Å². The van der Waals surface area contributed by atoms with Gasteiger partial charge >= 0.3 is 5.97 Å². The normalized spacial score (nSPS) is 11.5. The molecule has 0 bridgehead atoms. The zero-order valence-corrected chi connectivity index (χ0v) is 15.6. The van der Waals surface area contributed by atoms with E-state index in [1.54, 1.807) is 26.4 Å². The number of hydrogen-bond donors (Lipinski definition) is 0. The summed E-state index contributed by atoms with van der Waals surface area (Å²) in [5.41, 5.74) is 3.48. The van der Waals surface area contributed by atoms with Gasteiger partial charge in [-0.25, -0.2) is 4.79 Å². The van der Waals surface area contributed by atoms with Crippen LogP contribution >= 0.6 is 0 Å². The topological polar surface area (TPSA) is 44.8 Å². The molecular formula is C23H22O4. The number of ether oxygens (including phenoxy) is 3. The quantitative estimate of drug-likeness (QED) is 0.559. The first-order chi connectivity index (χ1) is 13.1. The van der Waals surface area contributed by atoms with Gasteiger partial charge < -0.3 is 14.2 Å². The van der Waals surface area contributed by atoms with E-state index < -0.39 is 0 Å². The molecule has 0 aliphatic rings. The zero-order chi connectivity index (χ0) is 19.2. The van der Waals surface area contributed by atoms with Crippen LogP contribution in [0.2, 0.25) is 0 Å². The lowest BCUT2D eigenvalue weighted by Crippen LogP contribution is -2.09. The van der Waals surface area contributed by atoms with E-state index in [-0.39, 0.29) is 12.1 Å². The number of carbonyl (C=O) groups excluding carboxylic acids is 1.